The molecule has 1 amide bonds. The van der Waals surface area contributed by atoms with E-state index >= 15 is 0 Å². The summed E-state index contributed by atoms with van der Waals surface area (Å²) >= 11 is 0. The predicted molar refractivity (Wildman–Crippen MR) is 71.5 cm³/mol. The highest BCUT2D eigenvalue weighted by molar-refractivity contribution is 5.91. The van der Waals surface area contributed by atoms with Crippen molar-refractivity contribution in [3.63, 3.8) is 0 Å². The first kappa shape index (κ1) is 13.1. The summed E-state index contributed by atoms with van der Waals surface area (Å²) in [5, 5.41) is 15.0. The molecule has 1 aromatic carbocycles. The topological polar surface area (TPSA) is 61.4 Å². The summed E-state index contributed by atoms with van der Waals surface area (Å²) in [6.07, 6.45) is 3.44. The number of nitrogens with one attached hydrogen (secondary N) is 2. The fourth-order valence-electron chi connectivity index (χ4n) is 2.25. The van der Waals surface area contributed by atoms with Gasteiger partial charge in [0.15, 0.2) is 0 Å². The second-order valence-corrected chi connectivity index (χ2v) is 4.72. The molecule has 1 atom stereocenters. The molecule has 2 rings (SSSR count). The van der Waals surface area contributed by atoms with E-state index in [0.717, 1.165) is 30.6 Å². The summed E-state index contributed by atoms with van der Waals surface area (Å²) in [6.45, 7) is 1.17. The van der Waals surface area contributed by atoms with Crippen LogP contribution in [0.4, 0.5) is 5.69 Å². The normalized spacial score (nSPS) is 18.8. The number of hydrogen-bond donors (Lipinski definition) is 3. The molecular formula is C14H20N2O2. The van der Waals surface area contributed by atoms with Crippen molar-refractivity contribution in [1.29, 1.82) is 0 Å². The van der Waals surface area contributed by atoms with E-state index in [0.29, 0.717) is 18.9 Å². The van der Waals surface area contributed by atoms with Crippen LogP contribution < -0.4 is 10.6 Å². The van der Waals surface area contributed by atoms with Gasteiger partial charge in [0.25, 0.3) is 0 Å². The molecule has 1 fully saturated rings. The Kier molecular flexibility index (Phi) is 4.73. The second-order valence-electron chi connectivity index (χ2n) is 4.72. The van der Waals surface area contributed by atoms with Crippen molar-refractivity contribution >= 4 is 11.6 Å². The van der Waals surface area contributed by atoms with Crippen LogP contribution in [0.2, 0.25) is 0 Å². The van der Waals surface area contributed by atoms with E-state index in [4.69, 9.17) is 5.11 Å². The third-order valence-corrected chi connectivity index (χ3v) is 3.23. The number of amides is 1. The van der Waals surface area contributed by atoms with Gasteiger partial charge in [-0.15, -0.1) is 0 Å². The molecule has 0 spiro atoms. The van der Waals surface area contributed by atoms with Gasteiger partial charge in [-0.3, -0.25) is 4.79 Å². The minimum atomic E-state index is 0.0595. The molecule has 0 aromatic heterocycles. The monoisotopic (exact) mass is 248 g/mol. The fourth-order valence-corrected chi connectivity index (χ4v) is 2.25. The first-order valence-corrected chi connectivity index (χ1v) is 6.51. The van der Waals surface area contributed by atoms with Crippen molar-refractivity contribution in [3.8, 4) is 0 Å². The van der Waals surface area contributed by atoms with Crippen LogP contribution in [0.15, 0.2) is 24.3 Å². The van der Waals surface area contributed by atoms with Gasteiger partial charge in [-0.05, 0) is 43.5 Å². The lowest BCUT2D eigenvalue weighted by atomic mass is 10.1. The third kappa shape index (κ3) is 3.82. The zero-order chi connectivity index (χ0) is 12.8. The molecule has 0 bridgehead atoms. The first-order valence-electron chi connectivity index (χ1n) is 6.51. The van der Waals surface area contributed by atoms with Gasteiger partial charge in [0.2, 0.25) is 5.91 Å². The van der Waals surface area contributed by atoms with E-state index in [9.17, 15) is 4.79 Å². The lowest BCUT2D eigenvalue weighted by Gasteiger charge is -2.10. The molecule has 4 nitrogen and oxygen atoms in total. The Balaban J connectivity index is 1.82. The molecule has 98 valence electrons. The number of rotatable bonds is 5. The minimum Gasteiger partial charge on any atom is -0.396 e. The molecule has 1 saturated heterocycles. The summed E-state index contributed by atoms with van der Waals surface area (Å²) in [4.78, 5) is 11.8. The SMILES string of the molecule is O=C(CC1CCCN1)Nc1ccc(CCO)cc1. The molecule has 0 saturated carbocycles. The van der Waals surface area contributed by atoms with Gasteiger partial charge < -0.3 is 15.7 Å². The highest BCUT2D eigenvalue weighted by Crippen LogP contribution is 2.13. The second kappa shape index (κ2) is 6.52. The lowest BCUT2D eigenvalue weighted by Crippen LogP contribution is -2.27. The summed E-state index contributed by atoms with van der Waals surface area (Å²) in [5.41, 5.74) is 1.90. The maximum absolute atomic E-state index is 11.8. The Morgan fingerprint density at radius 3 is 2.78 bits per heavy atom. The van der Waals surface area contributed by atoms with Crippen LogP contribution in [0.5, 0.6) is 0 Å². The van der Waals surface area contributed by atoms with Gasteiger partial charge in [0, 0.05) is 24.8 Å². The number of aliphatic hydroxyl groups is 1. The van der Waals surface area contributed by atoms with Crippen molar-refractivity contribution in [3.05, 3.63) is 29.8 Å². The summed E-state index contributed by atoms with van der Waals surface area (Å²) in [7, 11) is 0. The fraction of sp³-hybridized carbons (Fsp3) is 0.500. The maximum Gasteiger partial charge on any atom is 0.225 e. The van der Waals surface area contributed by atoms with E-state index in [1.807, 2.05) is 24.3 Å². The van der Waals surface area contributed by atoms with Gasteiger partial charge in [-0.2, -0.15) is 0 Å². The van der Waals surface area contributed by atoms with Crippen molar-refractivity contribution in [2.24, 2.45) is 0 Å². The highest BCUT2D eigenvalue weighted by atomic mass is 16.2. The smallest absolute Gasteiger partial charge is 0.225 e. The number of carbonyl (C=O) groups is 1. The Labute approximate surface area is 107 Å². The molecule has 1 heterocycles. The third-order valence-electron chi connectivity index (χ3n) is 3.23. The van der Waals surface area contributed by atoms with Crippen LogP contribution in [-0.2, 0) is 11.2 Å². The van der Waals surface area contributed by atoms with Crippen LogP contribution >= 0.6 is 0 Å². The minimum absolute atomic E-state index is 0.0595. The first-order chi connectivity index (χ1) is 8.78. The average Bonchev–Trinajstić information content (AvgIpc) is 2.84. The predicted octanol–water partition coefficient (Wildman–Crippen LogP) is 1.30. The summed E-state index contributed by atoms with van der Waals surface area (Å²) in [6, 6.07) is 7.95. The van der Waals surface area contributed by atoms with Crippen molar-refractivity contribution in [1.82, 2.24) is 5.32 Å². The summed E-state index contributed by atoms with van der Waals surface area (Å²) in [5.74, 6) is 0.0595. The number of aliphatic hydroxyl groups excluding tert-OH is 1. The van der Waals surface area contributed by atoms with Gasteiger partial charge in [-0.25, -0.2) is 0 Å². The summed E-state index contributed by atoms with van der Waals surface area (Å²) < 4.78 is 0. The van der Waals surface area contributed by atoms with Crippen LogP contribution in [-0.4, -0.2) is 30.2 Å². The van der Waals surface area contributed by atoms with Gasteiger partial charge in [-0.1, -0.05) is 12.1 Å². The van der Waals surface area contributed by atoms with Crippen LogP contribution in [0.25, 0.3) is 0 Å². The maximum atomic E-state index is 11.8. The van der Waals surface area contributed by atoms with Crippen molar-refractivity contribution in [2.45, 2.75) is 31.7 Å². The van der Waals surface area contributed by atoms with Crippen LogP contribution in [0, 0.1) is 0 Å². The molecule has 1 unspecified atom stereocenters. The number of hydrogen-bond acceptors (Lipinski definition) is 3. The van der Waals surface area contributed by atoms with Crippen molar-refractivity contribution < 1.29 is 9.90 Å². The Morgan fingerprint density at radius 1 is 1.39 bits per heavy atom. The molecular weight excluding hydrogens is 228 g/mol. The number of benzene rings is 1. The lowest BCUT2D eigenvalue weighted by molar-refractivity contribution is -0.116. The quantitative estimate of drug-likeness (QED) is 0.736. The van der Waals surface area contributed by atoms with E-state index < -0.39 is 0 Å². The Hall–Kier alpha value is -1.39. The number of anilines is 1. The van der Waals surface area contributed by atoms with Crippen LogP contribution in [0.1, 0.15) is 24.8 Å². The highest BCUT2D eigenvalue weighted by Gasteiger charge is 2.17. The van der Waals surface area contributed by atoms with Gasteiger partial charge in [0.05, 0.1) is 0 Å². The van der Waals surface area contributed by atoms with Crippen LogP contribution in [0.3, 0.4) is 0 Å². The molecule has 0 aliphatic carbocycles. The van der Waals surface area contributed by atoms with Gasteiger partial charge in [0.1, 0.15) is 0 Å². The van der Waals surface area contributed by atoms with E-state index in [1.165, 1.54) is 0 Å². The van der Waals surface area contributed by atoms with E-state index in [-0.39, 0.29) is 12.5 Å². The van der Waals surface area contributed by atoms with Gasteiger partial charge >= 0.3 is 0 Å². The average molecular weight is 248 g/mol. The molecule has 3 N–H and O–H groups in total. The molecule has 18 heavy (non-hydrogen) atoms. The molecule has 1 aliphatic rings. The molecule has 0 radical (unpaired) electrons. The standard InChI is InChI=1S/C14H20N2O2/c17-9-7-11-3-5-12(6-4-11)16-14(18)10-13-2-1-8-15-13/h3-6,13,15,17H,1-2,7-10H2,(H,16,18). The molecule has 1 aliphatic heterocycles. The molecule has 1 aromatic rings. The zero-order valence-electron chi connectivity index (χ0n) is 10.5. The van der Waals surface area contributed by atoms with E-state index in [1.54, 1.807) is 0 Å². The zero-order valence-corrected chi connectivity index (χ0v) is 10.5. The Morgan fingerprint density at radius 2 is 2.17 bits per heavy atom. The van der Waals surface area contributed by atoms with Crippen molar-refractivity contribution in [2.75, 3.05) is 18.5 Å². The molecule has 4 heteroatoms. The largest absolute Gasteiger partial charge is 0.396 e. The number of carbonyl (C=O) groups excluding carboxylic acids is 1. The van der Waals surface area contributed by atoms with E-state index in [2.05, 4.69) is 10.6 Å². The Bertz CT molecular complexity index is 383.